The largest absolute Gasteiger partial charge is 0.259 e. The van der Waals surface area contributed by atoms with Crippen LogP contribution in [0, 0.1) is 10.1 Å². The van der Waals surface area contributed by atoms with E-state index in [1.54, 1.807) is 0 Å². The van der Waals surface area contributed by atoms with Gasteiger partial charge in [0, 0.05) is 0 Å². The average molecular weight is 251 g/mol. The van der Waals surface area contributed by atoms with Crippen molar-refractivity contribution in [3.05, 3.63) is 83.6 Å². The van der Waals surface area contributed by atoms with Crippen LogP contribution in [0.15, 0.2) is 73.4 Å². The summed E-state index contributed by atoms with van der Waals surface area (Å²) in [5.74, 6) is 0. The van der Waals surface area contributed by atoms with Crippen molar-refractivity contribution in [2.24, 2.45) is 0 Å². The van der Waals surface area contributed by atoms with Gasteiger partial charge in [0.15, 0.2) is 0 Å². The van der Waals surface area contributed by atoms with E-state index >= 15 is 0 Å². The molecule has 19 heavy (non-hydrogen) atoms. The van der Waals surface area contributed by atoms with E-state index in [1.807, 2.05) is 0 Å². The summed E-state index contributed by atoms with van der Waals surface area (Å²) in [5, 5.41) is 14.3. The van der Waals surface area contributed by atoms with Crippen LogP contribution in [0.5, 0.6) is 0 Å². The zero-order valence-electron chi connectivity index (χ0n) is 10.3. The van der Waals surface area contributed by atoms with Crippen molar-refractivity contribution in [2.45, 2.75) is 0 Å². The van der Waals surface area contributed by atoms with E-state index in [2.05, 4.69) is 67.2 Å². The van der Waals surface area contributed by atoms with Gasteiger partial charge in [0.1, 0.15) is 0 Å². The predicted octanol–water partition coefficient (Wildman–Crippen LogP) is 4.40. The molecule has 0 N–H and O–H groups in total. The molecule has 0 aliphatic carbocycles. The summed E-state index contributed by atoms with van der Waals surface area (Å²) in [6, 6.07) is 21.4. The number of benzene rings is 3. The summed E-state index contributed by atoms with van der Waals surface area (Å²) in [7, 11) is 0. The lowest BCUT2D eigenvalue weighted by Gasteiger charge is -2.00. The van der Waals surface area contributed by atoms with Gasteiger partial charge in [-0.05, 0) is 40.3 Å². The second-order valence-electron chi connectivity index (χ2n) is 4.01. The number of nitrogens with zero attached hydrogens (tertiary/aromatic N) is 1. The molecule has 0 aliphatic rings. The van der Waals surface area contributed by atoms with Crippen LogP contribution in [0.1, 0.15) is 0 Å². The van der Waals surface area contributed by atoms with Crippen molar-refractivity contribution in [3.8, 4) is 0 Å². The Bertz CT molecular complexity index is 630. The monoisotopic (exact) mass is 251 g/mol. The minimum Gasteiger partial charge on any atom is -0.259 e. The molecule has 3 heteroatoms. The van der Waals surface area contributed by atoms with Gasteiger partial charge in [-0.3, -0.25) is 10.1 Å². The summed E-state index contributed by atoms with van der Waals surface area (Å²) >= 11 is 0. The minimum atomic E-state index is -0.611. The standard InChI is InChI=1S/C14H10.C2H3NO2/c1-2-6-12-10-14-8-4-3-7-13(14)9-11(12)5-1;1-2-3(4)5/h1-10H;2H,1H2. The van der Waals surface area contributed by atoms with E-state index in [1.165, 1.54) is 21.5 Å². The van der Waals surface area contributed by atoms with E-state index < -0.39 is 4.92 Å². The van der Waals surface area contributed by atoms with E-state index in [-0.39, 0.29) is 0 Å². The molecule has 94 valence electrons. The SMILES string of the molecule is C=C[N+](=O)[O-].c1ccc2cc3ccccc3cc2c1. The van der Waals surface area contributed by atoms with Gasteiger partial charge >= 0.3 is 0 Å². The van der Waals surface area contributed by atoms with E-state index in [0.717, 1.165) is 0 Å². The summed E-state index contributed by atoms with van der Waals surface area (Å²) < 4.78 is 0. The molecule has 0 saturated carbocycles. The molecule has 0 aliphatic heterocycles. The van der Waals surface area contributed by atoms with Crippen molar-refractivity contribution in [1.29, 1.82) is 0 Å². The summed E-state index contributed by atoms with van der Waals surface area (Å²) in [5.41, 5.74) is 0. The van der Waals surface area contributed by atoms with Gasteiger partial charge in [0.2, 0.25) is 6.20 Å². The quantitative estimate of drug-likeness (QED) is 0.365. The van der Waals surface area contributed by atoms with E-state index in [0.29, 0.717) is 6.20 Å². The maximum Gasteiger partial charge on any atom is 0.227 e. The first kappa shape index (κ1) is 12.8. The van der Waals surface area contributed by atoms with Gasteiger partial charge in [-0.1, -0.05) is 48.5 Å². The van der Waals surface area contributed by atoms with Crippen molar-refractivity contribution in [2.75, 3.05) is 0 Å². The van der Waals surface area contributed by atoms with Crippen LogP contribution in [0.3, 0.4) is 0 Å². The van der Waals surface area contributed by atoms with Gasteiger partial charge in [-0.2, -0.15) is 0 Å². The molecule has 0 atom stereocenters. The number of fused-ring (bicyclic) bond motifs is 2. The fourth-order valence-corrected chi connectivity index (χ4v) is 1.88. The number of hydrogen-bond donors (Lipinski definition) is 0. The molecule has 3 aromatic rings. The first-order chi connectivity index (χ1) is 9.20. The van der Waals surface area contributed by atoms with E-state index in [4.69, 9.17) is 10.1 Å². The smallest absolute Gasteiger partial charge is 0.227 e. The van der Waals surface area contributed by atoms with Crippen molar-refractivity contribution >= 4 is 21.5 Å². The Morgan fingerprint density at radius 2 is 1.11 bits per heavy atom. The summed E-state index contributed by atoms with van der Waals surface area (Å²) in [6.07, 6.45) is 0.639. The third kappa shape index (κ3) is 3.16. The Labute approximate surface area is 110 Å². The van der Waals surface area contributed by atoms with Crippen LogP contribution >= 0.6 is 0 Å². The molecule has 0 unspecified atom stereocenters. The zero-order valence-corrected chi connectivity index (χ0v) is 10.3. The number of hydrogen-bond acceptors (Lipinski definition) is 2. The molecular formula is C16H13NO2. The second-order valence-corrected chi connectivity index (χ2v) is 4.01. The Hall–Kier alpha value is -2.68. The highest BCUT2D eigenvalue weighted by molar-refractivity contribution is 5.98. The highest BCUT2D eigenvalue weighted by Gasteiger charge is 1.95. The van der Waals surface area contributed by atoms with Gasteiger partial charge in [-0.15, -0.1) is 0 Å². The molecule has 0 bridgehead atoms. The molecule has 0 fully saturated rings. The van der Waals surface area contributed by atoms with Crippen molar-refractivity contribution in [1.82, 2.24) is 0 Å². The van der Waals surface area contributed by atoms with Crippen LogP contribution < -0.4 is 0 Å². The molecular weight excluding hydrogens is 238 g/mol. The number of rotatable bonds is 1. The van der Waals surface area contributed by atoms with Gasteiger partial charge in [0.25, 0.3) is 0 Å². The second kappa shape index (κ2) is 5.78. The Balaban J connectivity index is 0.000000232. The molecule has 3 nitrogen and oxygen atoms in total. The third-order valence-corrected chi connectivity index (χ3v) is 2.76. The maximum atomic E-state index is 9.06. The van der Waals surface area contributed by atoms with Gasteiger partial charge < -0.3 is 0 Å². The zero-order chi connectivity index (χ0) is 13.7. The molecule has 3 rings (SSSR count). The first-order valence-electron chi connectivity index (χ1n) is 5.84. The lowest BCUT2D eigenvalue weighted by Crippen LogP contribution is -1.77. The van der Waals surface area contributed by atoms with Crippen molar-refractivity contribution in [3.63, 3.8) is 0 Å². The average Bonchev–Trinajstić information content (AvgIpc) is 2.45. The van der Waals surface area contributed by atoms with Crippen LogP contribution in [-0.4, -0.2) is 4.92 Å². The Morgan fingerprint density at radius 1 is 0.842 bits per heavy atom. The Kier molecular flexibility index (Phi) is 3.88. The highest BCUT2D eigenvalue weighted by atomic mass is 16.6. The molecule has 0 saturated heterocycles. The minimum absolute atomic E-state index is 0.611. The maximum absolute atomic E-state index is 9.06. The van der Waals surface area contributed by atoms with Crippen LogP contribution in [0.2, 0.25) is 0 Å². The van der Waals surface area contributed by atoms with Crippen LogP contribution in [0.25, 0.3) is 21.5 Å². The lowest BCUT2D eigenvalue weighted by atomic mass is 10.0. The van der Waals surface area contributed by atoms with Crippen LogP contribution in [-0.2, 0) is 0 Å². The summed E-state index contributed by atoms with van der Waals surface area (Å²) in [6.45, 7) is 2.86. The molecule has 0 amide bonds. The molecule has 0 heterocycles. The predicted molar refractivity (Wildman–Crippen MR) is 78.6 cm³/mol. The fraction of sp³-hybridized carbons (Fsp3) is 0. The van der Waals surface area contributed by atoms with Crippen molar-refractivity contribution < 1.29 is 4.92 Å². The Morgan fingerprint density at radius 3 is 1.32 bits per heavy atom. The fourth-order valence-electron chi connectivity index (χ4n) is 1.88. The van der Waals surface area contributed by atoms with E-state index in [9.17, 15) is 0 Å². The normalized spacial score (nSPS) is 9.68. The molecule has 0 spiro atoms. The van der Waals surface area contributed by atoms with Gasteiger partial charge in [0.05, 0.1) is 4.92 Å². The molecule has 0 radical (unpaired) electrons. The summed E-state index contributed by atoms with van der Waals surface area (Å²) in [4.78, 5) is 8.44. The topological polar surface area (TPSA) is 43.1 Å². The molecule has 0 aromatic heterocycles. The van der Waals surface area contributed by atoms with Crippen LogP contribution in [0.4, 0.5) is 0 Å². The lowest BCUT2D eigenvalue weighted by molar-refractivity contribution is -0.401. The third-order valence-electron chi connectivity index (χ3n) is 2.76. The first-order valence-corrected chi connectivity index (χ1v) is 5.84. The highest BCUT2D eigenvalue weighted by Crippen LogP contribution is 2.21. The number of nitro groups is 1. The molecule has 3 aromatic carbocycles. The van der Waals surface area contributed by atoms with Gasteiger partial charge in [-0.25, -0.2) is 0 Å².